The molecule has 0 heterocycles. The normalized spacial score (nSPS) is 19.5. The van der Waals surface area contributed by atoms with E-state index in [4.69, 9.17) is 11.0 Å². The van der Waals surface area contributed by atoms with E-state index in [1.54, 1.807) is 0 Å². The summed E-state index contributed by atoms with van der Waals surface area (Å²) in [5.74, 6) is -3.35. The average Bonchev–Trinajstić information content (AvgIpc) is 2.55. The fourth-order valence-corrected chi connectivity index (χ4v) is 1.33. The maximum atomic E-state index is 12.5. The lowest BCUT2D eigenvalue weighted by Gasteiger charge is -2.14. The molecule has 1 N–H and O–H groups in total. The lowest BCUT2D eigenvalue weighted by Crippen LogP contribution is -2.33. The minimum absolute atomic E-state index is 0.0309. The summed E-state index contributed by atoms with van der Waals surface area (Å²) in [5, 5.41) is 1.91. The Balaban J connectivity index is 3.38. The highest BCUT2D eigenvalue weighted by molar-refractivity contribution is 5.85. The molecule has 1 unspecified atom stereocenters. The van der Waals surface area contributed by atoms with Crippen molar-refractivity contribution in [3.8, 4) is 0 Å². The van der Waals surface area contributed by atoms with E-state index in [0.29, 0.717) is 0 Å². The predicted molar refractivity (Wildman–Crippen MR) is 73.7 cm³/mol. The summed E-state index contributed by atoms with van der Waals surface area (Å²) in [6.45, 7) is -2.89. The molecule has 1 rings (SSSR count). The van der Waals surface area contributed by atoms with Gasteiger partial charge in [0.25, 0.3) is 0 Å². The fourth-order valence-electron chi connectivity index (χ4n) is 1.33. The Morgan fingerprint density at radius 1 is 1.53 bits per heavy atom. The number of rotatable bonds is 7. The van der Waals surface area contributed by atoms with Gasteiger partial charge in [0.1, 0.15) is 5.78 Å². The number of nitrogens with one attached hydrogen (secondary N) is 1. The standard InChI is InChI=1S/C15H21NO3/c1-11-5-4-6-13(7-11)9-16-15(18)14(10-19-3)8-12(2)17/h4-7,14H,8-10H2,1-3H3,(H,16,18)/i4D,5D,6D,7D,9D2,10D2. The smallest absolute Gasteiger partial charge is 0.226 e. The SMILES string of the molecule is [2H]c1c([2H])c(C)c([2H])c(C([2H])([2H])NC(=O)C(CC(C)=O)C([2H])([2H])OC)c1[2H]. The first-order valence-corrected chi connectivity index (χ1v) is 5.61. The Labute approximate surface area is 125 Å². The first-order chi connectivity index (χ1) is 12.2. The van der Waals surface area contributed by atoms with Crippen molar-refractivity contribution < 1.29 is 25.3 Å². The van der Waals surface area contributed by atoms with Gasteiger partial charge in [-0.25, -0.2) is 0 Å². The van der Waals surface area contributed by atoms with Gasteiger partial charge < -0.3 is 14.8 Å². The molecule has 0 saturated heterocycles. The molecular weight excluding hydrogens is 242 g/mol. The molecular formula is C15H21NO3. The van der Waals surface area contributed by atoms with Crippen LogP contribution < -0.4 is 5.32 Å². The Hall–Kier alpha value is -1.68. The van der Waals surface area contributed by atoms with E-state index < -0.39 is 60.8 Å². The van der Waals surface area contributed by atoms with Crippen LogP contribution in [0.1, 0.15) is 35.4 Å². The molecule has 0 bridgehead atoms. The van der Waals surface area contributed by atoms with Gasteiger partial charge in [-0.05, 0) is 19.4 Å². The van der Waals surface area contributed by atoms with Gasteiger partial charge in [0.05, 0.1) is 23.4 Å². The molecule has 1 aromatic rings. The van der Waals surface area contributed by atoms with Gasteiger partial charge in [-0.3, -0.25) is 4.79 Å². The minimum atomic E-state index is -2.81. The number of carbonyl (C=O) groups excluding carboxylic acids is 2. The van der Waals surface area contributed by atoms with Crippen LogP contribution in [0.5, 0.6) is 0 Å². The van der Waals surface area contributed by atoms with Crippen molar-refractivity contribution in [2.24, 2.45) is 5.92 Å². The first kappa shape index (κ1) is 7.20. The summed E-state index contributed by atoms with van der Waals surface area (Å²) >= 11 is 0. The van der Waals surface area contributed by atoms with Crippen LogP contribution in [0.4, 0.5) is 0 Å². The molecule has 1 aromatic carbocycles. The van der Waals surface area contributed by atoms with Crippen molar-refractivity contribution in [2.75, 3.05) is 13.7 Å². The molecule has 0 aliphatic heterocycles. The van der Waals surface area contributed by atoms with Gasteiger partial charge in [0, 0.05) is 20.0 Å². The number of Topliss-reactive ketones (excluding diaryl/α,β-unsaturated/α-hetero) is 1. The molecule has 1 amide bonds. The second kappa shape index (κ2) is 7.69. The zero-order chi connectivity index (χ0) is 21.3. The van der Waals surface area contributed by atoms with Crippen LogP contribution in [0, 0.1) is 12.8 Å². The van der Waals surface area contributed by atoms with Crippen LogP contribution >= 0.6 is 0 Å². The Bertz CT molecular complexity index is 737. The highest BCUT2D eigenvalue weighted by atomic mass is 16.5. The van der Waals surface area contributed by atoms with Crippen molar-refractivity contribution in [1.29, 1.82) is 0 Å². The van der Waals surface area contributed by atoms with Crippen molar-refractivity contribution in [3.63, 3.8) is 0 Å². The van der Waals surface area contributed by atoms with E-state index in [-0.39, 0.29) is 11.6 Å². The largest absolute Gasteiger partial charge is 0.384 e. The minimum Gasteiger partial charge on any atom is -0.384 e. The number of ether oxygens (including phenoxy) is 1. The number of methoxy groups -OCH3 is 1. The molecule has 4 heteroatoms. The van der Waals surface area contributed by atoms with E-state index in [2.05, 4.69) is 4.74 Å². The molecule has 0 aromatic heterocycles. The molecule has 1 atom stereocenters. The fraction of sp³-hybridized carbons (Fsp3) is 0.467. The van der Waals surface area contributed by atoms with E-state index in [1.165, 1.54) is 6.92 Å². The van der Waals surface area contributed by atoms with Gasteiger partial charge in [0.15, 0.2) is 0 Å². The number of carbonyl (C=O) groups is 2. The summed E-state index contributed by atoms with van der Waals surface area (Å²) in [6, 6.07) is -2.21. The zero-order valence-corrected chi connectivity index (χ0v) is 11.0. The van der Waals surface area contributed by atoms with Crippen molar-refractivity contribution >= 4 is 11.7 Å². The zero-order valence-electron chi connectivity index (χ0n) is 19.0. The average molecular weight is 271 g/mol. The summed E-state index contributed by atoms with van der Waals surface area (Å²) < 4.78 is 67.5. The van der Waals surface area contributed by atoms with Crippen LogP contribution in [-0.2, 0) is 20.8 Å². The number of hydrogen-bond acceptors (Lipinski definition) is 3. The van der Waals surface area contributed by atoms with E-state index in [9.17, 15) is 9.59 Å². The molecule has 0 aliphatic carbocycles. The molecule has 4 nitrogen and oxygen atoms in total. The van der Waals surface area contributed by atoms with Crippen LogP contribution in [0.15, 0.2) is 24.2 Å². The highest BCUT2D eigenvalue weighted by Gasteiger charge is 2.19. The molecule has 0 aliphatic rings. The van der Waals surface area contributed by atoms with Crippen molar-refractivity contribution in [3.05, 3.63) is 35.3 Å². The number of amides is 1. The predicted octanol–water partition coefficient (Wildman–Crippen LogP) is 1.85. The van der Waals surface area contributed by atoms with Gasteiger partial charge in [-0.15, -0.1) is 0 Å². The second-order valence-corrected chi connectivity index (χ2v) is 3.89. The topological polar surface area (TPSA) is 55.4 Å². The summed E-state index contributed by atoms with van der Waals surface area (Å²) in [4.78, 5) is 23.9. The third-order valence-corrected chi connectivity index (χ3v) is 2.13. The molecule has 0 spiro atoms. The summed E-state index contributed by atoms with van der Waals surface area (Å²) in [7, 11) is 1.00. The summed E-state index contributed by atoms with van der Waals surface area (Å²) in [6.07, 6.45) is -0.543. The Kier molecular flexibility index (Phi) is 2.91. The van der Waals surface area contributed by atoms with E-state index in [0.717, 1.165) is 14.0 Å². The monoisotopic (exact) mass is 271 g/mol. The number of hydrogen-bond donors (Lipinski definition) is 1. The van der Waals surface area contributed by atoms with Gasteiger partial charge >= 0.3 is 0 Å². The highest BCUT2D eigenvalue weighted by Crippen LogP contribution is 2.07. The molecule has 104 valence electrons. The lowest BCUT2D eigenvalue weighted by molar-refractivity contribution is -0.130. The maximum absolute atomic E-state index is 12.5. The molecule has 0 saturated carbocycles. The molecule has 19 heavy (non-hydrogen) atoms. The van der Waals surface area contributed by atoms with E-state index >= 15 is 0 Å². The van der Waals surface area contributed by atoms with Gasteiger partial charge in [-0.2, -0.15) is 0 Å². The van der Waals surface area contributed by atoms with Crippen molar-refractivity contribution in [1.82, 2.24) is 5.32 Å². The Morgan fingerprint density at radius 2 is 2.26 bits per heavy atom. The van der Waals surface area contributed by atoms with E-state index in [1.807, 2.05) is 5.32 Å². The third-order valence-electron chi connectivity index (χ3n) is 2.13. The van der Waals surface area contributed by atoms with Crippen LogP contribution in [0.3, 0.4) is 0 Å². The van der Waals surface area contributed by atoms with Gasteiger partial charge in [-0.1, -0.05) is 29.7 Å². The Morgan fingerprint density at radius 3 is 2.89 bits per heavy atom. The summed E-state index contributed by atoms with van der Waals surface area (Å²) in [5.41, 5.74) is -0.648. The van der Waals surface area contributed by atoms with Crippen molar-refractivity contribution in [2.45, 2.75) is 26.8 Å². The number of ketones is 1. The van der Waals surface area contributed by atoms with Crippen LogP contribution in [-0.4, -0.2) is 25.4 Å². The van der Waals surface area contributed by atoms with Gasteiger partial charge in [0.2, 0.25) is 5.91 Å². The third kappa shape index (κ3) is 5.66. The maximum Gasteiger partial charge on any atom is 0.226 e. The lowest BCUT2D eigenvalue weighted by atomic mass is 10.0. The molecule has 0 fully saturated rings. The molecule has 0 radical (unpaired) electrons. The van der Waals surface area contributed by atoms with Crippen LogP contribution in [0.2, 0.25) is 0 Å². The first-order valence-electron chi connectivity index (χ1n) is 9.61. The number of benzene rings is 1. The quantitative estimate of drug-likeness (QED) is 0.823. The van der Waals surface area contributed by atoms with Crippen LogP contribution in [0.25, 0.3) is 0 Å². The second-order valence-electron chi connectivity index (χ2n) is 3.89.